The molecule has 4 heteroatoms. The van der Waals surface area contributed by atoms with E-state index in [1.165, 1.54) is 12.5 Å². The maximum Gasteiger partial charge on any atom is 0.123 e. The van der Waals surface area contributed by atoms with Gasteiger partial charge in [-0.25, -0.2) is 4.39 Å². The molecule has 0 aromatic heterocycles. The predicted octanol–water partition coefficient (Wildman–Crippen LogP) is 2.71. The Balaban J connectivity index is 1.90. The van der Waals surface area contributed by atoms with Gasteiger partial charge in [0, 0.05) is 18.6 Å². The molecule has 2 N–H and O–H groups in total. The van der Waals surface area contributed by atoms with Crippen molar-refractivity contribution in [1.82, 2.24) is 10.2 Å². The van der Waals surface area contributed by atoms with Crippen molar-refractivity contribution in [2.75, 3.05) is 20.6 Å². The molecule has 1 saturated carbocycles. The zero-order valence-corrected chi connectivity index (χ0v) is 13.1. The third-order valence-corrected chi connectivity index (χ3v) is 4.63. The van der Waals surface area contributed by atoms with Crippen molar-refractivity contribution in [2.24, 2.45) is 0 Å². The van der Waals surface area contributed by atoms with Gasteiger partial charge in [0.05, 0.1) is 6.10 Å². The number of rotatable bonds is 6. The Morgan fingerprint density at radius 1 is 1.38 bits per heavy atom. The lowest BCUT2D eigenvalue weighted by Gasteiger charge is -2.35. The quantitative estimate of drug-likeness (QED) is 0.847. The number of nitrogens with zero attached hydrogens (tertiary/aromatic N) is 1. The first kappa shape index (κ1) is 16.4. The monoisotopic (exact) mass is 294 g/mol. The Morgan fingerprint density at radius 3 is 2.81 bits per heavy atom. The van der Waals surface area contributed by atoms with Gasteiger partial charge >= 0.3 is 0 Å². The van der Waals surface area contributed by atoms with Crippen LogP contribution in [0.5, 0.6) is 0 Å². The van der Waals surface area contributed by atoms with Crippen LogP contribution in [-0.2, 0) is 0 Å². The van der Waals surface area contributed by atoms with E-state index in [-0.39, 0.29) is 24.0 Å². The molecule has 1 aliphatic rings. The summed E-state index contributed by atoms with van der Waals surface area (Å²) in [6.07, 6.45) is 5.01. The topological polar surface area (TPSA) is 35.5 Å². The van der Waals surface area contributed by atoms with Crippen LogP contribution in [0.2, 0.25) is 0 Å². The molecule has 0 bridgehead atoms. The molecule has 0 spiro atoms. The first-order valence-corrected chi connectivity index (χ1v) is 7.93. The summed E-state index contributed by atoms with van der Waals surface area (Å²) in [5.74, 6) is -0.191. The van der Waals surface area contributed by atoms with Crippen molar-refractivity contribution in [1.29, 1.82) is 0 Å². The van der Waals surface area contributed by atoms with E-state index < -0.39 is 0 Å². The van der Waals surface area contributed by atoms with Gasteiger partial charge in [-0.2, -0.15) is 0 Å². The molecule has 3 unspecified atom stereocenters. The van der Waals surface area contributed by atoms with E-state index in [0.29, 0.717) is 0 Å². The minimum Gasteiger partial charge on any atom is -0.391 e. The van der Waals surface area contributed by atoms with Crippen LogP contribution in [0.4, 0.5) is 4.39 Å². The van der Waals surface area contributed by atoms with Gasteiger partial charge in [0.25, 0.3) is 0 Å². The van der Waals surface area contributed by atoms with Gasteiger partial charge in [-0.3, -0.25) is 0 Å². The largest absolute Gasteiger partial charge is 0.391 e. The molecule has 1 aromatic carbocycles. The highest BCUT2D eigenvalue weighted by Gasteiger charge is 2.26. The number of benzene rings is 1. The number of aliphatic hydroxyl groups excluding tert-OH is 1. The van der Waals surface area contributed by atoms with E-state index >= 15 is 0 Å². The van der Waals surface area contributed by atoms with Crippen molar-refractivity contribution >= 4 is 0 Å². The average Bonchev–Trinajstić information content (AvgIpc) is 2.48. The van der Waals surface area contributed by atoms with Crippen LogP contribution in [0.15, 0.2) is 24.3 Å². The molecule has 0 radical (unpaired) electrons. The summed E-state index contributed by atoms with van der Waals surface area (Å²) in [6.45, 7) is 0.893. The average molecular weight is 294 g/mol. The first-order chi connectivity index (χ1) is 10.1. The maximum atomic E-state index is 13.3. The summed E-state index contributed by atoms with van der Waals surface area (Å²) >= 11 is 0. The molecular formula is C17H27FN2O. The summed E-state index contributed by atoms with van der Waals surface area (Å²) in [5.41, 5.74) is 0.982. The molecule has 0 saturated heterocycles. The highest BCUT2D eigenvalue weighted by molar-refractivity contribution is 5.20. The van der Waals surface area contributed by atoms with E-state index in [9.17, 15) is 9.50 Å². The first-order valence-electron chi connectivity index (χ1n) is 7.93. The maximum absolute atomic E-state index is 13.3. The minimum absolute atomic E-state index is 0.142. The molecule has 0 aliphatic heterocycles. The standard InChI is InChI=1S/C17H27FN2O/c1-19-15(13-6-5-7-14(18)12-13)10-11-20(2)16-8-3-4-9-17(16)21/h5-7,12,15-17,19,21H,3-4,8-11H2,1-2H3. The van der Waals surface area contributed by atoms with Crippen LogP contribution < -0.4 is 5.32 Å². The number of aliphatic hydroxyl groups is 1. The molecular weight excluding hydrogens is 267 g/mol. The van der Waals surface area contributed by atoms with E-state index in [4.69, 9.17) is 0 Å². The van der Waals surface area contributed by atoms with Gasteiger partial charge in [-0.05, 0) is 51.1 Å². The van der Waals surface area contributed by atoms with Crippen molar-refractivity contribution in [3.63, 3.8) is 0 Å². The Bertz CT molecular complexity index is 441. The van der Waals surface area contributed by atoms with E-state index in [1.807, 2.05) is 13.1 Å². The molecule has 118 valence electrons. The summed E-state index contributed by atoms with van der Waals surface area (Å²) in [4.78, 5) is 2.26. The number of likely N-dealkylation sites (N-methyl/N-ethyl adjacent to an activating group) is 1. The van der Waals surface area contributed by atoms with Gasteiger partial charge < -0.3 is 15.3 Å². The Kier molecular flexibility index (Phi) is 6.15. The number of hydrogen-bond acceptors (Lipinski definition) is 3. The summed E-state index contributed by atoms with van der Waals surface area (Å²) in [6, 6.07) is 7.19. The second kappa shape index (κ2) is 7.87. The third-order valence-electron chi connectivity index (χ3n) is 4.63. The van der Waals surface area contributed by atoms with Gasteiger partial charge in [-0.1, -0.05) is 25.0 Å². The highest BCUT2D eigenvalue weighted by atomic mass is 19.1. The number of hydrogen-bond donors (Lipinski definition) is 2. The summed E-state index contributed by atoms with van der Waals surface area (Å²) in [5, 5.41) is 13.4. The van der Waals surface area contributed by atoms with Crippen LogP contribution in [0.1, 0.15) is 43.7 Å². The summed E-state index contributed by atoms with van der Waals surface area (Å²) in [7, 11) is 3.99. The molecule has 0 heterocycles. The van der Waals surface area contributed by atoms with E-state index in [2.05, 4.69) is 17.3 Å². The van der Waals surface area contributed by atoms with Crippen molar-refractivity contribution in [3.05, 3.63) is 35.6 Å². The predicted molar refractivity (Wildman–Crippen MR) is 83.7 cm³/mol. The van der Waals surface area contributed by atoms with E-state index in [1.54, 1.807) is 12.1 Å². The molecule has 2 rings (SSSR count). The smallest absolute Gasteiger partial charge is 0.123 e. The molecule has 1 aliphatic carbocycles. The second-order valence-electron chi connectivity index (χ2n) is 6.08. The van der Waals surface area contributed by atoms with Gasteiger partial charge in [0.15, 0.2) is 0 Å². The van der Waals surface area contributed by atoms with Gasteiger partial charge in [0.1, 0.15) is 5.82 Å². The Morgan fingerprint density at radius 2 is 2.14 bits per heavy atom. The molecule has 0 amide bonds. The number of nitrogens with one attached hydrogen (secondary N) is 1. The molecule has 1 fully saturated rings. The van der Waals surface area contributed by atoms with Crippen LogP contribution in [-0.4, -0.2) is 42.8 Å². The van der Waals surface area contributed by atoms with E-state index in [0.717, 1.165) is 37.8 Å². The van der Waals surface area contributed by atoms with Gasteiger partial charge in [0.2, 0.25) is 0 Å². The minimum atomic E-state index is -0.203. The Hall–Kier alpha value is -0.970. The fourth-order valence-corrected chi connectivity index (χ4v) is 3.31. The second-order valence-corrected chi connectivity index (χ2v) is 6.08. The lowest BCUT2D eigenvalue weighted by atomic mass is 9.91. The lowest BCUT2D eigenvalue weighted by molar-refractivity contribution is 0.0308. The third kappa shape index (κ3) is 4.50. The van der Waals surface area contributed by atoms with Crippen molar-refractivity contribution in [2.45, 2.75) is 50.3 Å². The highest BCUT2D eigenvalue weighted by Crippen LogP contribution is 2.24. The fraction of sp³-hybridized carbons (Fsp3) is 0.647. The van der Waals surface area contributed by atoms with Crippen LogP contribution in [0, 0.1) is 5.82 Å². The molecule has 3 nitrogen and oxygen atoms in total. The normalized spacial score (nSPS) is 24.2. The van der Waals surface area contributed by atoms with Crippen LogP contribution in [0.25, 0.3) is 0 Å². The fourth-order valence-electron chi connectivity index (χ4n) is 3.31. The van der Waals surface area contributed by atoms with Crippen LogP contribution in [0.3, 0.4) is 0 Å². The molecule has 1 aromatic rings. The SMILES string of the molecule is CNC(CCN(C)C1CCCCC1O)c1cccc(F)c1. The number of halogens is 1. The van der Waals surface area contributed by atoms with Crippen molar-refractivity contribution in [3.8, 4) is 0 Å². The zero-order chi connectivity index (χ0) is 15.2. The molecule has 3 atom stereocenters. The Labute approximate surface area is 127 Å². The summed E-state index contributed by atoms with van der Waals surface area (Å²) < 4.78 is 13.3. The zero-order valence-electron chi connectivity index (χ0n) is 13.1. The van der Waals surface area contributed by atoms with Gasteiger partial charge in [-0.15, -0.1) is 0 Å². The molecule has 21 heavy (non-hydrogen) atoms. The van der Waals surface area contributed by atoms with Crippen molar-refractivity contribution < 1.29 is 9.50 Å². The van der Waals surface area contributed by atoms with Crippen LogP contribution >= 0.6 is 0 Å². The lowest BCUT2D eigenvalue weighted by Crippen LogP contribution is -2.44.